The highest BCUT2D eigenvalue weighted by molar-refractivity contribution is 5.87. The molecule has 3 aromatic rings. The molecule has 1 aliphatic heterocycles. The maximum atomic E-state index is 5.01. The van der Waals surface area contributed by atoms with Crippen molar-refractivity contribution in [2.24, 2.45) is 4.99 Å². The molecule has 30 heavy (non-hydrogen) atoms. The van der Waals surface area contributed by atoms with Crippen LogP contribution in [0.4, 0.5) is 0 Å². The van der Waals surface area contributed by atoms with E-state index in [1.54, 1.807) is 0 Å². The van der Waals surface area contributed by atoms with Gasteiger partial charge in [-0.2, -0.15) is 0 Å². The molecule has 0 amide bonds. The molecule has 1 aliphatic rings. The van der Waals surface area contributed by atoms with Crippen LogP contribution < -0.4 is 5.32 Å². The second-order valence-corrected chi connectivity index (χ2v) is 7.85. The van der Waals surface area contributed by atoms with E-state index in [1.165, 1.54) is 22.3 Å². The molecule has 0 saturated heterocycles. The Bertz CT molecular complexity index is 992. The topological polar surface area (TPSA) is 24.4 Å². The maximum absolute atomic E-state index is 5.01. The first kappa shape index (κ1) is 20.2. The van der Waals surface area contributed by atoms with Crippen LogP contribution in [-0.2, 0) is 24.9 Å². The molecule has 1 heterocycles. The third-order valence-corrected chi connectivity index (χ3v) is 6.06. The highest BCUT2D eigenvalue weighted by Gasteiger charge is 2.35. The van der Waals surface area contributed by atoms with Gasteiger partial charge in [0.15, 0.2) is 5.66 Å². The molecule has 3 aromatic carbocycles. The van der Waals surface area contributed by atoms with Crippen LogP contribution in [0.5, 0.6) is 0 Å². The summed E-state index contributed by atoms with van der Waals surface area (Å²) < 4.78 is 0. The molecule has 0 bridgehead atoms. The van der Waals surface area contributed by atoms with E-state index in [0.29, 0.717) is 0 Å². The largest absolute Gasteiger partial charge is 0.353 e. The van der Waals surface area contributed by atoms with Gasteiger partial charge in [-0.3, -0.25) is 4.99 Å². The molecule has 2 heteroatoms. The number of hydrogen-bond donors (Lipinski definition) is 1. The quantitative estimate of drug-likeness (QED) is 0.522. The SMILES string of the molecule is CCc1ccc(C2=CC=NC(c3ccc(CC)cc3)(c3ccc(CC)cc3)N2)cc1. The molecule has 0 aromatic heterocycles. The van der Waals surface area contributed by atoms with E-state index in [0.717, 1.165) is 36.1 Å². The molecule has 0 radical (unpaired) electrons. The van der Waals surface area contributed by atoms with E-state index in [2.05, 4.69) is 105 Å². The first-order valence-corrected chi connectivity index (χ1v) is 11.0. The fourth-order valence-electron chi connectivity index (χ4n) is 4.00. The number of hydrogen-bond acceptors (Lipinski definition) is 2. The molecule has 0 fully saturated rings. The van der Waals surface area contributed by atoms with Crippen molar-refractivity contribution >= 4 is 11.9 Å². The number of aliphatic imine (C=N–C) groups is 1. The minimum absolute atomic E-state index is 0.633. The summed E-state index contributed by atoms with van der Waals surface area (Å²) in [5.74, 6) is 0. The lowest BCUT2D eigenvalue weighted by Crippen LogP contribution is -2.42. The van der Waals surface area contributed by atoms with Crippen LogP contribution in [-0.4, -0.2) is 6.21 Å². The van der Waals surface area contributed by atoms with Gasteiger partial charge in [-0.15, -0.1) is 0 Å². The minimum atomic E-state index is -0.633. The molecule has 0 saturated carbocycles. The van der Waals surface area contributed by atoms with Crippen molar-refractivity contribution in [2.45, 2.75) is 45.7 Å². The predicted molar refractivity (Wildman–Crippen MR) is 128 cm³/mol. The zero-order valence-corrected chi connectivity index (χ0v) is 18.2. The van der Waals surface area contributed by atoms with Gasteiger partial charge in [0.2, 0.25) is 0 Å². The fourth-order valence-corrected chi connectivity index (χ4v) is 4.00. The van der Waals surface area contributed by atoms with Crippen molar-refractivity contribution in [1.82, 2.24) is 5.32 Å². The van der Waals surface area contributed by atoms with E-state index < -0.39 is 5.66 Å². The van der Waals surface area contributed by atoms with Gasteiger partial charge in [0, 0.05) is 23.0 Å². The number of nitrogens with one attached hydrogen (secondary N) is 1. The van der Waals surface area contributed by atoms with Gasteiger partial charge >= 0.3 is 0 Å². The van der Waals surface area contributed by atoms with Crippen molar-refractivity contribution in [3.63, 3.8) is 0 Å². The van der Waals surface area contributed by atoms with Gasteiger partial charge in [0.25, 0.3) is 0 Å². The summed E-state index contributed by atoms with van der Waals surface area (Å²) in [6.07, 6.45) is 7.13. The van der Waals surface area contributed by atoms with Gasteiger partial charge in [0.05, 0.1) is 0 Å². The highest BCUT2D eigenvalue weighted by Crippen LogP contribution is 2.36. The van der Waals surface area contributed by atoms with Crippen molar-refractivity contribution in [3.8, 4) is 0 Å². The summed E-state index contributed by atoms with van der Waals surface area (Å²) in [6.45, 7) is 6.56. The van der Waals surface area contributed by atoms with Crippen molar-refractivity contribution in [3.05, 3.63) is 112 Å². The van der Waals surface area contributed by atoms with Crippen LogP contribution in [0.3, 0.4) is 0 Å². The first-order valence-electron chi connectivity index (χ1n) is 11.0. The standard InChI is InChI=1S/C28H30N2/c1-4-21-7-13-24(14-8-21)27-19-20-29-28(30-27,25-15-9-22(5-2)10-16-25)26-17-11-23(6-3)12-18-26/h7-20,30H,4-6H2,1-3H3. The van der Waals surface area contributed by atoms with Crippen LogP contribution in [0.15, 0.2) is 83.9 Å². The van der Waals surface area contributed by atoms with E-state index in [-0.39, 0.29) is 0 Å². The van der Waals surface area contributed by atoms with E-state index in [4.69, 9.17) is 4.99 Å². The minimum Gasteiger partial charge on any atom is -0.353 e. The lowest BCUT2D eigenvalue weighted by atomic mass is 9.88. The second kappa shape index (κ2) is 8.71. The Morgan fingerprint density at radius 3 is 1.50 bits per heavy atom. The normalized spacial score (nSPS) is 14.8. The number of benzene rings is 3. The van der Waals surface area contributed by atoms with Gasteiger partial charge in [-0.25, -0.2) is 0 Å². The number of rotatable bonds is 6. The Kier molecular flexibility index (Phi) is 5.85. The third kappa shape index (κ3) is 3.82. The van der Waals surface area contributed by atoms with Crippen LogP contribution in [0.2, 0.25) is 0 Å². The highest BCUT2D eigenvalue weighted by atomic mass is 15.2. The summed E-state index contributed by atoms with van der Waals surface area (Å²) in [6, 6.07) is 26.5. The van der Waals surface area contributed by atoms with Crippen LogP contribution in [0, 0.1) is 0 Å². The van der Waals surface area contributed by atoms with Gasteiger partial charge in [-0.05, 0) is 47.6 Å². The smallest absolute Gasteiger partial charge is 0.181 e. The summed E-state index contributed by atoms with van der Waals surface area (Å²) in [4.78, 5) is 5.01. The summed E-state index contributed by atoms with van der Waals surface area (Å²) in [5.41, 5.74) is 7.95. The maximum Gasteiger partial charge on any atom is 0.181 e. The predicted octanol–water partition coefficient (Wildman–Crippen LogP) is 6.29. The molecule has 0 spiro atoms. The van der Waals surface area contributed by atoms with Gasteiger partial charge < -0.3 is 5.32 Å². The van der Waals surface area contributed by atoms with Crippen molar-refractivity contribution in [2.75, 3.05) is 0 Å². The summed E-state index contributed by atoms with van der Waals surface area (Å²) >= 11 is 0. The van der Waals surface area contributed by atoms with Crippen molar-refractivity contribution < 1.29 is 0 Å². The molecule has 4 rings (SSSR count). The fraction of sp³-hybridized carbons (Fsp3) is 0.250. The van der Waals surface area contributed by atoms with Crippen LogP contribution in [0.25, 0.3) is 5.70 Å². The summed E-state index contributed by atoms with van der Waals surface area (Å²) in [5, 5.41) is 3.79. The Balaban J connectivity index is 1.78. The molecular formula is C28H30N2. The third-order valence-electron chi connectivity index (χ3n) is 6.06. The first-order chi connectivity index (χ1) is 14.7. The van der Waals surface area contributed by atoms with Crippen LogP contribution in [0.1, 0.15) is 54.2 Å². The Morgan fingerprint density at radius 1 is 0.633 bits per heavy atom. The van der Waals surface area contributed by atoms with Crippen LogP contribution >= 0.6 is 0 Å². The average Bonchev–Trinajstić information content (AvgIpc) is 2.84. The lowest BCUT2D eigenvalue weighted by molar-refractivity contribution is 0.491. The number of nitrogens with zero attached hydrogens (tertiary/aromatic N) is 1. The summed E-state index contributed by atoms with van der Waals surface area (Å²) in [7, 11) is 0. The van der Waals surface area contributed by atoms with Crippen molar-refractivity contribution in [1.29, 1.82) is 0 Å². The number of aryl methyl sites for hydroxylation is 3. The zero-order valence-electron chi connectivity index (χ0n) is 18.2. The second-order valence-electron chi connectivity index (χ2n) is 7.85. The van der Waals surface area contributed by atoms with E-state index in [9.17, 15) is 0 Å². The average molecular weight is 395 g/mol. The lowest BCUT2D eigenvalue weighted by Gasteiger charge is -2.36. The molecule has 0 atom stereocenters. The van der Waals surface area contributed by atoms with E-state index >= 15 is 0 Å². The molecule has 2 nitrogen and oxygen atoms in total. The molecular weight excluding hydrogens is 364 g/mol. The molecule has 152 valence electrons. The van der Waals surface area contributed by atoms with E-state index in [1.807, 2.05) is 6.21 Å². The van der Waals surface area contributed by atoms with Gasteiger partial charge in [-0.1, -0.05) is 93.6 Å². The molecule has 1 N–H and O–H groups in total. The Morgan fingerprint density at radius 2 is 1.07 bits per heavy atom. The Labute approximate surface area is 180 Å². The number of allylic oxidation sites excluding steroid dienone is 1. The monoisotopic (exact) mass is 394 g/mol. The Hall–Kier alpha value is -3.13. The van der Waals surface area contributed by atoms with Gasteiger partial charge in [0.1, 0.15) is 0 Å². The zero-order chi connectivity index (χ0) is 21.0. The molecule has 0 aliphatic carbocycles. The molecule has 0 unspecified atom stereocenters.